The monoisotopic (exact) mass is 339 g/mol. The van der Waals surface area contributed by atoms with Crippen LogP contribution in [0.4, 0.5) is 0 Å². The quantitative estimate of drug-likeness (QED) is 0.686. The highest BCUT2D eigenvalue weighted by Crippen LogP contribution is 2.18. The van der Waals surface area contributed by atoms with Gasteiger partial charge in [-0.2, -0.15) is 0 Å². The third-order valence-electron chi connectivity index (χ3n) is 3.27. The van der Waals surface area contributed by atoms with Gasteiger partial charge in [-0.1, -0.05) is 13.0 Å². The molecule has 0 aliphatic rings. The van der Waals surface area contributed by atoms with Crippen LogP contribution in [0.2, 0.25) is 0 Å². The van der Waals surface area contributed by atoms with E-state index in [4.69, 9.17) is 0 Å². The van der Waals surface area contributed by atoms with Crippen molar-refractivity contribution in [2.75, 3.05) is 20.7 Å². The molecule has 0 aliphatic carbocycles. The number of sulfonamides is 1. The zero-order chi connectivity index (χ0) is 17.0. The average molecular weight is 339 g/mol. The Labute approximate surface area is 133 Å². The summed E-state index contributed by atoms with van der Waals surface area (Å²) in [5.74, 6) is -1.03. The van der Waals surface area contributed by atoms with E-state index < -0.39 is 21.9 Å². The van der Waals surface area contributed by atoms with Crippen LogP contribution in [0.3, 0.4) is 0 Å². The molecule has 0 saturated heterocycles. The lowest BCUT2D eigenvalue weighted by Crippen LogP contribution is -2.34. The summed E-state index contributed by atoms with van der Waals surface area (Å²) in [5, 5.41) is 10.8. The van der Waals surface area contributed by atoms with Crippen LogP contribution in [-0.2, 0) is 19.6 Å². The van der Waals surface area contributed by atoms with Crippen molar-refractivity contribution in [3.8, 4) is 5.69 Å². The smallest absolute Gasteiger partial charge is 0.309 e. The maximum atomic E-state index is 12.6. The number of carbonyl (C=O) groups is 1. The number of tetrazole rings is 1. The topological polar surface area (TPSA) is 107 Å². The summed E-state index contributed by atoms with van der Waals surface area (Å²) in [6.45, 7) is 1.62. The van der Waals surface area contributed by atoms with E-state index in [0.717, 1.165) is 4.31 Å². The number of hydrogen-bond acceptors (Lipinski definition) is 7. The first-order valence-electron chi connectivity index (χ1n) is 6.74. The Hall–Kier alpha value is -2.33. The molecule has 0 radical (unpaired) electrons. The van der Waals surface area contributed by atoms with Crippen LogP contribution in [0, 0.1) is 5.92 Å². The summed E-state index contributed by atoms with van der Waals surface area (Å²) >= 11 is 0. The van der Waals surface area contributed by atoms with Gasteiger partial charge in [0.15, 0.2) is 0 Å². The van der Waals surface area contributed by atoms with Crippen LogP contribution in [-0.4, -0.2) is 59.6 Å². The van der Waals surface area contributed by atoms with Gasteiger partial charge in [0.1, 0.15) is 6.33 Å². The van der Waals surface area contributed by atoms with Crippen molar-refractivity contribution < 1.29 is 17.9 Å². The Bertz CT molecular complexity index is 775. The molecular weight excluding hydrogens is 322 g/mol. The number of methoxy groups -OCH3 is 1. The molecule has 0 saturated carbocycles. The minimum absolute atomic E-state index is 0.0180. The van der Waals surface area contributed by atoms with Crippen LogP contribution < -0.4 is 0 Å². The second kappa shape index (κ2) is 6.84. The molecule has 23 heavy (non-hydrogen) atoms. The molecule has 2 rings (SSSR count). The summed E-state index contributed by atoms with van der Waals surface area (Å²) in [4.78, 5) is 11.5. The van der Waals surface area contributed by atoms with E-state index >= 15 is 0 Å². The lowest BCUT2D eigenvalue weighted by molar-refractivity contribution is -0.144. The second-order valence-electron chi connectivity index (χ2n) is 4.96. The number of hydrogen-bond donors (Lipinski definition) is 0. The fourth-order valence-electron chi connectivity index (χ4n) is 2.01. The van der Waals surface area contributed by atoms with Gasteiger partial charge >= 0.3 is 5.97 Å². The molecule has 0 aliphatic heterocycles. The highest BCUT2D eigenvalue weighted by molar-refractivity contribution is 7.89. The predicted molar refractivity (Wildman–Crippen MR) is 80.1 cm³/mol. The van der Waals surface area contributed by atoms with Gasteiger partial charge in [0.05, 0.1) is 23.6 Å². The molecular formula is C13H17N5O4S. The van der Waals surface area contributed by atoms with Crippen molar-refractivity contribution in [3.05, 3.63) is 30.6 Å². The molecule has 0 bridgehead atoms. The number of benzene rings is 1. The molecule has 10 heteroatoms. The van der Waals surface area contributed by atoms with E-state index in [1.807, 2.05) is 0 Å². The van der Waals surface area contributed by atoms with Crippen LogP contribution in [0.1, 0.15) is 6.92 Å². The Morgan fingerprint density at radius 1 is 1.43 bits per heavy atom. The van der Waals surface area contributed by atoms with E-state index in [-0.39, 0.29) is 11.4 Å². The standard InChI is InChI=1S/C13H17N5O4S/c1-10(13(19)22-3)8-17(2)23(20,21)12-6-4-5-11(7-12)18-9-14-15-16-18/h4-7,9-10H,8H2,1-3H3/t10-/m1/s1. The second-order valence-corrected chi connectivity index (χ2v) is 7.01. The first kappa shape index (κ1) is 17.0. The lowest BCUT2D eigenvalue weighted by Gasteiger charge is -2.20. The SMILES string of the molecule is COC(=O)[C@H](C)CN(C)S(=O)(=O)c1cccc(-n2cnnn2)c1. The average Bonchev–Trinajstić information content (AvgIpc) is 3.08. The molecule has 0 spiro atoms. The lowest BCUT2D eigenvalue weighted by atomic mass is 10.2. The van der Waals surface area contributed by atoms with E-state index in [9.17, 15) is 13.2 Å². The van der Waals surface area contributed by atoms with E-state index in [1.165, 1.54) is 37.3 Å². The highest BCUT2D eigenvalue weighted by Gasteiger charge is 2.25. The number of carbonyl (C=O) groups excluding carboxylic acids is 1. The molecule has 1 aromatic heterocycles. The minimum Gasteiger partial charge on any atom is -0.469 e. The fourth-order valence-corrected chi connectivity index (χ4v) is 3.31. The number of ether oxygens (including phenoxy) is 1. The maximum absolute atomic E-state index is 12.6. The van der Waals surface area contributed by atoms with Crippen LogP contribution in [0.15, 0.2) is 35.5 Å². The number of nitrogens with zero attached hydrogens (tertiary/aromatic N) is 5. The van der Waals surface area contributed by atoms with E-state index in [2.05, 4.69) is 20.3 Å². The van der Waals surface area contributed by atoms with Crippen LogP contribution in [0.25, 0.3) is 5.69 Å². The van der Waals surface area contributed by atoms with Crippen molar-refractivity contribution >= 4 is 16.0 Å². The molecule has 1 atom stereocenters. The Kier molecular flexibility index (Phi) is 5.06. The molecule has 1 heterocycles. The van der Waals surface area contributed by atoms with Gasteiger partial charge in [0.2, 0.25) is 10.0 Å². The van der Waals surface area contributed by atoms with Crippen LogP contribution in [0.5, 0.6) is 0 Å². The van der Waals surface area contributed by atoms with Gasteiger partial charge in [0, 0.05) is 13.6 Å². The van der Waals surface area contributed by atoms with Crippen molar-refractivity contribution in [1.82, 2.24) is 24.5 Å². The largest absolute Gasteiger partial charge is 0.469 e. The molecule has 9 nitrogen and oxygen atoms in total. The number of rotatable bonds is 6. The first-order chi connectivity index (χ1) is 10.9. The van der Waals surface area contributed by atoms with Gasteiger partial charge in [-0.3, -0.25) is 4.79 Å². The predicted octanol–water partition coefficient (Wildman–Crippen LogP) is 0.0919. The molecule has 2 aromatic rings. The fraction of sp³-hybridized carbons (Fsp3) is 0.385. The Balaban J connectivity index is 2.26. The van der Waals surface area contributed by atoms with Crippen LogP contribution >= 0.6 is 0 Å². The number of esters is 1. The van der Waals surface area contributed by atoms with Gasteiger partial charge in [-0.15, -0.1) is 5.10 Å². The minimum atomic E-state index is -3.75. The van der Waals surface area contributed by atoms with Crippen molar-refractivity contribution in [3.63, 3.8) is 0 Å². The summed E-state index contributed by atoms with van der Waals surface area (Å²) in [6.07, 6.45) is 1.37. The van der Waals surface area contributed by atoms with Crippen molar-refractivity contribution in [1.29, 1.82) is 0 Å². The molecule has 0 N–H and O–H groups in total. The van der Waals surface area contributed by atoms with Gasteiger partial charge in [-0.25, -0.2) is 17.4 Å². The molecule has 0 amide bonds. The summed E-state index contributed by atoms with van der Waals surface area (Å²) < 4.78 is 32.3. The van der Waals surface area contributed by atoms with Gasteiger partial charge in [0.25, 0.3) is 0 Å². The van der Waals surface area contributed by atoms with E-state index in [1.54, 1.807) is 19.1 Å². The van der Waals surface area contributed by atoms with Crippen molar-refractivity contribution in [2.45, 2.75) is 11.8 Å². The molecule has 0 fully saturated rings. The van der Waals surface area contributed by atoms with Crippen molar-refractivity contribution in [2.24, 2.45) is 5.92 Å². The zero-order valence-corrected chi connectivity index (χ0v) is 13.8. The summed E-state index contributed by atoms with van der Waals surface area (Å²) in [7, 11) is -1.06. The Morgan fingerprint density at radius 2 is 2.17 bits per heavy atom. The highest BCUT2D eigenvalue weighted by atomic mass is 32.2. The molecule has 1 aromatic carbocycles. The normalized spacial score (nSPS) is 13.0. The Morgan fingerprint density at radius 3 is 2.78 bits per heavy atom. The molecule has 124 valence electrons. The summed E-state index contributed by atoms with van der Waals surface area (Å²) in [5.41, 5.74) is 0.519. The third-order valence-corrected chi connectivity index (χ3v) is 5.09. The summed E-state index contributed by atoms with van der Waals surface area (Å²) in [6, 6.07) is 6.22. The van der Waals surface area contributed by atoms with Gasteiger partial charge in [-0.05, 0) is 28.6 Å². The maximum Gasteiger partial charge on any atom is 0.309 e. The third kappa shape index (κ3) is 3.71. The first-order valence-corrected chi connectivity index (χ1v) is 8.18. The number of aromatic nitrogens is 4. The molecule has 0 unspecified atom stereocenters. The zero-order valence-electron chi connectivity index (χ0n) is 12.9. The van der Waals surface area contributed by atoms with Gasteiger partial charge < -0.3 is 4.74 Å². The van der Waals surface area contributed by atoms with E-state index in [0.29, 0.717) is 5.69 Å².